The number of aliphatic carboxylic acids is 1. The minimum absolute atomic E-state index is 0.158. The van der Waals surface area contributed by atoms with E-state index < -0.39 is 11.6 Å². The third-order valence-electron chi connectivity index (χ3n) is 4.62. The summed E-state index contributed by atoms with van der Waals surface area (Å²) in [5.41, 5.74) is -1.06. The molecule has 0 radical (unpaired) electrons. The first-order chi connectivity index (χ1) is 10.5. The van der Waals surface area contributed by atoms with Crippen molar-refractivity contribution in [1.82, 2.24) is 0 Å². The van der Waals surface area contributed by atoms with Crippen LogP contribution in [0, 0.1) is 0 Å². The molecule has 0 aromatic heterocycles. The monoisotopic (exact) mass is 329 g/mol. The molecule has 0 fully saturated rings. The van der Waals surface area contributed by atoms with Crippen LogP contribution in [0.4, 0.5) is 0 Å². The summed E-state index contributed by atoms with van der Waals surface area (Å²) in [4.78, 5) is 23.2. The number of carbonyl (C=O) groups is 2. The van der Waals surface area contributed by atoms with E-state index in [0.29, 0.717) is 10.9 Å². The number of quaternary nitrogens is 1. The maximum atomic E-state index is 12.1. The van der Waals surface area contributed by atoms with Gasteiger partial charge in [0.2, 0.25) is 0 Å². The highest BCUT2D eigenvalue weighted by Crippen LogP contribution is 2.27. The molecule has 0 rings (SSSR count). The summed E-state index contributed by atoms with van der Waals surface area (Å²) in [5, 5.41) is 11.1. The fraction of sp³-hybridized carbons (Fsp3) is 0.889. The summed E-state index contributed by atoms with van der Waals surface area (Å²) in [6, 6.07) is -0.158. The molecule has 0 aromatic carbocycles. The largest absolute Gasteiger partial charge is 0.550 e. The van der Waals surface area contributed by atoms with Crippen molar-refractivity contribution in [2.24, 2.45) is 0 Å². The predicted octanol–water partition coefficient (Wildman–Crippen LogP) is 2.27. The van der Waals surface area contributed by atoms with Gasteiger partial charge >= 0.3 is 5.97 Å². The molecule has 0 aliphatic rings. The SMILES string of the molecule is CCCCCCCCC(=O)OC(C)(CC(=O)[O-])C(C)[N+](C)(C)C. The van der Waals surface area contributed by atoms with Crippen molar-refractivity contribution < 1.29 is 23.9 Å². The Morgan fingerprint density at radius 2 is 1.61 bits per heavy atom. The van der Waals surface area contributed by atoms with Crippen LogP contribution in [-0.4, -0.2) is 49.2 Å². The van der Waals surface area contributed by atoms with E-state index in [0.717, 1.165) is 19.3 Å². The second-order valence-corrected chi connectivity index (χ2v) is 7.65. The topological polar surface area (TPSA) is 66.4 Å². The van der Waals surface area contributed by atoms with E-state index in [1.807, 2.05) is 28.1 Å². The molecule has 0 amide bonds. The van der Waals surface area contributed by atoms with Crippen molar-refractivity contribution >= 4 is 11.9 Å². The van der Waals surface area contributed by atoms with Crippen LogP contribution >= 0.6 is 0 Å². The van der Waals surface area contributed by atoms with E-state index in [1.54, 1.807) is 6.92 Å². The maximum Gasteiger partial charge on any atom is 0.306 e. The van der Waals surface area contributed by atoms with Crippen molar-refractivity contribution in [3.8, 4) is 0 Å². The van der Waals surface area contributed by atoms with E-state index >= 15 is 0 Å². The molecule has 5 nitrogen and oxygen atoms in total. The van der Waals surface area contributed by atoms with Crippen LogP contribution in [0.25, 0.3) is 0 Å². The number of likely N-dealkylation sites (N-methyl/N-ethyl adjacent to an activating group) is 1. The Bertz CT molecular complexity index is 376. The molecule has 0 heterocycles. The van der Waals surface area contributed by atoms with Crippen LogP contribution in [0.5, 0.6) is 0 Å². The van der Waals surface area contributed by atoms with Gasteiger partial charge in [-0.05, 0) is 20.3 Å². The molecular weight excluding hydrogens is 294 g/mol. The highest BCUT2D eigenvalue weighted by Gasteiger charge is 2.43. The molecule has 136 valence electrons. The quantitative estimate of drug-likeness (QED) is 0.313. The summed E-state index contributed by atoms with van der Waals surface area (Å²) in [7, 11) is 5.87. The molecule has 0 aliphatic heterocycles. The Labute approximate surface area is 141 Å². The standard InChI is InChI=1S/C18H35NO4/c1-7-8-9-10-11-12-13-17(22)23-18(3,14-16(20)21)15(2)19(4,5)6/h15H,7-14H2,1-6H3. The Morgan fingerprint density at radius 1 is 1.09 bits per heavy atom. The first-order valence-electron chi connectivity index (χ1n) is 8.75. The van der Waals surface area contributed by atoms with E-state index in [2.05, 4.69) is 6.92 Å². The van der Waals surface area contributed by atoms with Gasteiger partial charge in [-0.3, -0.25) is 4.79 Å². The Morgan fingerprint density at radius 3 is 2.09 bits per heavy atom. The molecule has 23 heavy (non-hydrogen) atoms. The van der Waals surface area contributed by atoms with Gasteiger partial charge in [0.25, 0.3) is 0 Å². The highest BCUT2D eigenvalue weighted by molar-refractivity contribution is 5.71. The fourth-order valence-electron chi connectivity index (χ4n) is 2.74. The van der Waals surface area contributed by atoms with Gasteiger partial charge in [0.05, 0.1) is 21.1 Å². The molecule has 0 saturated carbocycles. The van der Waals surface area contributed by atoms with Crippen molar-refractivity contribution in [2.75, 3.05) is 21.1 Å². The Kier molecular flexibility index (Phi) is 9.44. The number of rotatable bonds is 12. The zero-order chi connectivity index (χ0) is 18.1. The minimum atomic E-state index is -1.19. The van der Waals surface area contributed by atoms with Gasteiger partial charge < -0.3 is 19.1 Å². The summed E-state index contributed by atoms with van der Waals surface area (Å²) in [6.45, 7) is 5.77. The van der Waals surface area contributed by atoms with Gasteiger partial charge in [-0.25, -0.2) is 0 Å². The number of esters is 1. The zero-order valence-corrected chi connectivity index (χ0v) is 15.8. The molecule has 0 saturated heterocycles. The van der Waals surface area contributed by atoms with Gasteiger partial charge in [0.1, 0.15) is 6.04 Å². The van der Waals surface area contributed by atoms with E-state index in [4.69, 9.17) is 4.74 Å². The fourth-order valence-corrected chi connectivity index (χ4v) is 2.74. The number of hydrogen-bond donors (Lipinski definition) is 0. The lowest BCUT2D eigenvalue weighted by Crippen LogP contribution is -2.59. The molecule has 0 aromatic rings. The van der Waals surface area contributed by atoms with Crippen molar-refractivity contribution in [3.05, 3.63) is 0 Å². The van der Waals surface area contributed by atoms with Crippen molar-refractivity contribution in [1.29, 1.82) is 0 Å². The smallest absolute Gasteiger partial charge is 0.306 e. The van der Waals surface area contributed by atoms with Crippen LogP contribution in [0.15, 0.2) is 0 Å². The van der Waals surface area contributed by atoms with Gasteiger partial charge in [-0.2, -0.15) is 0 Å². The van der Waals surface area contributed by atoms with Gasteiger partial charge in [0, 0.05) is 18.8 Å². The van der Waals surface area contributed by atoms with Gasteiger partial charge in [-0.1, -0.05) is 39.0 Å². The summed E-state index contributed by atoms with van der Waals surface area (Å²) < 4.78 is 6.10. The van der Waals surface area contributed by atoms with Crippen LogP contribution < -0.4 is 5.11 Å². The zero-order valence-electron chi connectivity index (χ0n) is 15.8. The van der Waals surface area contributed by atoms with Crippen LogP contribution in [0.3, 0.4) is 0 Å². The van der Waals surface area contributed by atoms with E-state index in [9.17, 15) is 14.7 Å². The third kappa shape index (κ3) is 8.94. The van der Waals surface area contributed by atoms with Crippen LogP contribution in [0.2, 0.25) is 0 Å². The molecule has 2 atom stereocenters. The number of carboxylic acid groups (broad SMARTS) is 1. The number of ether oxygens (including phenoxy) is 1. The lowest BCUT2D eigenvalue weighted by atomic mass is 9.91. The first kappa shape index (κ1) is 21.9. The van der Waals surface area contributed by atoms with Crippen molar-refractivity contribution in [2.45, 2.75) is 83.8 Å². The van der Waals surface area contributed by atoms with E-state index in [1.165, 1.54) is 19.3 Å². The van der Waals surface area contributed by atoms with Crippen molar-refractivity contribution in [3.63, 3.8) is 0 Å². The first-order valence-corrected chi connectivity index (χ1v) is 8.75. The summed E-state index contributed by atoms with van der Waals surface area (Å²) >= 11 is 0. The highest BCUT2D eigenvalue weighted by atomic mass is 16.6. The molecular formula is C18H35NO4. The predicted molar refractivity (Wildman–Crippen MR) is 89.6 cm³/mol. The lowest BCUT2D eigenvalue weighted by molar-refractivity contribution is -0.901. The Hall–Kier alpha value is -1.10. The molecule has 5 heteroatoms. The summed E-state index contributed by atoms with van der Waals surface area (Å²) in [6.07, 6.45) is 6.63. The lowest BCUT2D eigenvalue weighted by Gasteiger charge is -2.43. The molecule has 0 aliphatic carbocycles. The number of unbranched alkanes of at least 4 members (excludes halogenated alkanes) is 5. The van der Waals surface area contributed by atoms with Crippen LogP contribution in [-0.2, 0) is 14.3 Å². The third-order valence-corrected chi connectivity index (χ3v) is 4.62. The summed E-state index contributed by atoms with van der Waals surface area (Å²) in [5.74, 6) is -1.51. The Balaban J connectivity index is 4.54. The van der Waals surface area contributed by atoms with Gasteiger partial charge in [0.15, 0.2) is 5.60 Å². The number of carboxylic acids is 1. The molecule has 2 unspecified atom stereocenters. The number of carbonyl (C=O) groups excluding carboxylic acids is 2. The minimum Gasteiger partial charge on any atom is -0.550 e. The van der Waals surface area contributed by atoms with E-state index in [-0.39, 0.29) is 18.4 Å². The molecule has 0 bridgehead atoms. The number of hydrogen-bond acceptors (Lipinski definition) is 4. The second-order valence-electron chi connectivity index (χ2n) is 7.65. The average Bonchev–Trinajstić information content (AvgIpc) is 2.39. The maximum absolute atomic E-state index is 12.1. The molecule has 0 spiro atoms. The van der Waals surface area contributed by atoms with Crippen LogP contribution in [0.1, 0.15) is 72.1 Å². The second kappa shape index (κ2) is 9.91. The van der Waals surface area contributed by atoms with Gasteiger partial charge in [-0.15, -0.1) is 0 Å². The average molecular weight is 329 g/mol. The molecule has 0 N–H and O–H groups in total. The number of nitrogens with zero attached hydrogens (tertiary/aromatic N) is 1. The normalized spacial score (nSPS) is 15.7.